The lowest BCUT2D eigenvalue weighted by molar-refractivity contribution is -0.120. The van der Waals surface area contributed by atoms with Gasteiger partial charge < -0.3 is 15.4 Å². The summed E-state index contributed by atoms with van der Waals surface area (Å²) < 4.78 is 4.97. The Labute approximate surface area is 107 Å². The maximum Gasteiger partial charge on any atom is 0.413 e. The van der Waals surface area contributed by atoms with E-state index in [-0.39, 0.29) is 18.5 Å². The standard InChI is InChI=1S/C13H18N2O3/c1-3-10(2)15-12(16)9-14-13(17)18-11-7-5-4-6-8-11/h4-8,10H,3,9H2,1-2H3,(H,14,17)(H,15,16)/t10-/m0/s1. The number of rotatable bonds is 5. The van der Waals surface area contributed by atoms with Gasteiger partial charge in [-0.05, 0) is 25.5 Å². The van der Waals surface area contributed by atoms with E-state index in [1.165, 1.54) is 0 Å². The highest BCUT2D eigenvalue weighted by atomic mass is 16.6. The second-order valence-electron chi connectivity index (χ2n) is 3.93. The molecule has 1 aromatic rings. The number of carbonyl (C=O) groups excluding carboxylic acids is 2. The average Bonchev–Trinajstić information content (AvgIpc) is 2.37. The summed E-state index contributed by atoms with van der Waals surface area (Å²) in [6.07, 6.45) is 0.209. The van der Waals surface area contributed by atoms with Gasteiger partial charge in [-0.1, -0.05) is 25.1 Å². The largest absolute Gasteiger partial charge is 0.413 e. The highest BCUT2D eigenvalue weighted by Crippen LogP contribution is 2.07. The second-order valence-corrected chi connectivity index (χ2v) is 3.93. The van der Waals surface area contributed by atoms with E-state index in [2.05, 4.69) is 10.6 Å². The first-order valence-electron chi connectivity index (χ1n) is 5.92. The van der Waals surface area contributed by atoms with Crippen LogP contribution in [-0.4, -0.2) is 24.6 Å². The Balaban J connectivity index is 2.27. The highest BCUT2D eigenvalue weighted by molar-refractivity contribution is 5.82. The van der Waals surface area contributed by atoms with Crippen LogP contribution in [-0.2, 0) is 4.79 Å². The molecule has 0 aliphatic rings. The molecule has 0 saturated carbocycles. The predicted octanol–water partition coefficient (Wildman–Crippen LogP) is 1.69. The van der Waals surface area contributed by atoms with Crippen LogP contribution >= 0.6 is 0 Å². The number of hydrogen-bond acceptors (Lipinski definition) is 3. The summed E-state index contributed by atoms with van der Waals surface area (Å²) in [4.78, 5) is 22.7. The van der Waals surface area contributed by atoms with Crippen molar-refractivity contribution in [1.82, 2.24) is 10.6 Å². The van der Waals surface area contributed by atoms with Crippen molar-refractivity contribution in [2.24, 2.45) is 0 Å². The molecule has 2 N–H and O–H groups in total. The van der Waals surface area contributed by atoms with Crippen molar-refractivity contribution in [3.63, 3.8) is 0 Å². The van der Waals surface area contributed by atoms with Gasteiger partial charge >= 0.3 is 6.09 Å². The molecule has 0 bridgehead atoms. The van der Waals surface area contributed by atoms with Gasteiger partial charge in [0.2, 0.25) is 5.91 Å². The van der Waals surface area contributed by atoms with E-state index in [4.69, 9.17) is 4.74 Å². The van der Waals surface area contributed by atoms with Gasteiger partial charge in [0.1, 0.15) is 12.3 Å². The molecular formula is C13H18N2O3. The van der Waals surface area contributed by atoms with Crippen molar-refractivity contribution in [2.75, 3.05) is 6.54 Å². The van der Waals surface area contributed by atoms with Crippen LogP contribution in [0.25, 0.3) is 0 Å². The molecule has 1 rings (SSSR count). The number of para-hydroxylation sites is 1. The van der Waals surface area contributed by atoms with Crippen LogP contribution in [0.15, 0.2) is 30.3 Å². The molecular weight excluding hydrogens is 232 g/mol. The summed E-state index contributed by atoms with van der Waals surface area (Å²) in [5.74, 6) is 0.215. The molecule has 2 amide bonds. The first-order chi connectivity index (χ1) is 8.61. The van der Waals surface area contributed by atoms with Crippen LogP contribution in [0.4, 0.5) is 4.79 Å². The van der Waals surface area contributed by atoms with Gasteiger partial charge in [-0.15, -0.1) is 0 Å². The molecule has 5 heteroatoms. The summed E-state index contributed by atoms with van der Waals surface area (Å²) in [5, 5.41) is 5.13. The predicted molar refractivity (Wildman–Crippen MR) is 68.4 cm³/mol. The van der Waals surface area contributed by atoms with Gasteiger partial charge in [-0.25, -0.2) is 4.79 Å². The SMILES string of the molecule is CC[C@H](C)NC(=O)CNC(=O)Oc1ccccc1. The molecule has 0 fully saturated rings. The summed E-state index contributed by atoms with van der Waals surface area (Å²) in [5.41, 5.74) is 0. The Hall–Kier alpha value is -2.04. The van der Waals surface area contributed by atoms with Crippen LogP contribution in [0.2, 0.25) is 0 Å². The molecule has 0 aromatic heterocycles. The highest BCUT2D eigenvalue weighted by Gasteiger charge is 2.08. The number of carbonyl (C=O) groups is 2. The first kappa shape index (κ1) is 14.0. The van der Waals surface area contributed by atoms with Gasteiger partial charge in [0.15, 0.2) is 0 Å². The summed E-state index contributed by atoms with van der Waals surface area (Å²) >= 11 is 0. The zero-order valence-electron chi connectivity index (χ0n) is 10.6. The zero-order chi connectivity index (χ0) is 13.4. The molecule has 0 unspecified atom stereocenters. The maximum absolute atomic E-state index is 11.4. The van der Waals surface area contributed by atoms with Gasteiger partial charge in [0, 0.05) is 6.04 Å². The molecule has 0 aliphatic heterocycles. The normalized spacial score (nSPS) is 11.4. The number of amides is 2. The molecule has 0 spiro atoms. The topological polar surface area (TPSA) is 67.4 Å². The third-order valence-corrected chi connectivity index (χ3v) is 2.37. The molecule has 0 heterocycles. The smallest absolute Gasteiger partial charge is 0.410 e. The van der Waals surface area contributed by atoms with Crippen molar-refractivity contribution in [1.29, 1.82) is 0 Å². The van der Waals surface area contributed by atoms with Crippen LogP contribution in [0.3, 0.4) is 0 Å². The number of hydrogen-bond donors (Lipinski definition) is 2. The fourth-order valence-electron chi connectivity index (χ4n) is 1.21. The quantitative estimate of drug-likeness (QED) is 0.835. The molecule has 18 heavy (non-hydrogen) atoms. The maximum atomic E-state index is 11.4. The van der Waals surface area contributed by atoms with E-state index >= 15 is 0 Å². The minimum absolute atomic E-state index is 0.0873. The lowest BCUT2D eigenvalue weighted by Gasteiger charge is -2.11. The molecule has 1 atom stereocenters. The van der Waals surface area contributed by atoms with Crippen LogP contribution in [0.1, 0.15) is 20.3 Å². The molecule has 0 saturated heterocycles. The second kappa shape index (κ2) is 7.32. The van der Waals surface area contributed by atoms with E-state index in [1.54, 1.807) is 24.3 Å². The van der Waals surface area contributed by atoms with E-state index < -0.39 is 6.09 Å². The number of nitrogens with one attached hydrogen (secondary N) is 2. The lowest BCUT2D eigenvalue weighted by Crippen LogP contribution is -2.41. The van der Waals surface area contributed by atoms with E-state index in [0.29, 0.717) is 5.75 Å². The van der Waals surface area contributed by atoms with Gasteiger partial charge in [-0.3, -0.25) is 4.79 Å². The monoisotopic (exact) mass is 250 g/mol. The van der Waals surface area contributed by atoms with Gasteiger partial charge in [-0.2, -0.15) is 0 Å². The third kappa shape index (κ3) is 5.34. The average molecular weight is 250 g/mol. The molecule has 5 nitrogen and oxygen atoms in total. The molecule has 98 valence electrons. The zero-order valence-corrected chi connectivity index (χ0v) is 10.6. The first-order valence-corrected chi connectivity index (χ1v) is 5.92. The third-order valence-electron chi connectivity index (χ3n) is 2.37. The Morgan fingerprint density at radius 2 is 1.94 bits per heavy atom. The minimum Gasteiger partial charge on any atom is -0.410 e. The lowest BCUT2D eigenvalue weighted by atomic mass is 10.2. The molecule has 1 aromatic carbocycles. The fourth-order valence-corrected chi connectivity index (χ4v) is 1.21. The van der Waals surface area contributed by atoms with Crippen molar-refractivity contribution < 1.29 is 14.3 Å². The fraction of sp³-hybridized carbons (Fsp3) is 0.385. The van der Waals surface area contributed by atoms with Crippen molar-refractivity contribution in [3.05, 3.63) is 30.3 Å². The minimum atomic E-state index is -0.638. The Kier molecular flexibility index (Phi) is 5.70. The van der Waals surface area contributed by atoms with E-state index in [9.17, 15) is 9.59 Å². The van der Waals surface area contributed by atoms with Crippen molar-refractivity contribution in [3.8, 4) is 5.75 Å². The summed E-state index contributed by atoms with van der Waals surface area (Å²) in [6.45, 7) is 3.79. The van der Waals surface area contributed by atoms with E-state index in [1.807, 2.05) is 19.9 Å². The Morgan fingerprint density at radius 3 is 2.56 bits per heavy atom. The molecule has 0 radical (unpaired) electrons. The molecule has 0 aliphatic carbocycles. The van der Waals surface area contributed by atoms with Gasteiger partial charge in [0.05, 0.1) is 0 Å². The number of benzene rings is 1. The van der Waals surface area contributed by atoms with Crippen molar-refractivity contribution in [2.45, 2.75) is 26.3 Å². The Bertz CT molecular complexity index is 392. The Morgan fingerprint density at radius 1 is 1.28 bits per heavy atom. The van der Waals surface area contributed by atoms with E-state index in [0.717, 1.165) is 6.42 Å². The van der Waals surface area contributed by atoms with Crippen LogP contribution in [0.5, 0.6) is 5.75 Å². The summed E-state index contributed by atoms with van der Waals surface area (Å²) in [6, 6.07) is 8.78. The van der Waals surface area contributed by atoms with Crippen LogP contribution in [0, 0.1) is 0 Å². The van der Waals surface area contributed by atoms with Gasteiger partial charge in [0.25, 0.3) is 0 Å². The number of ether oxygens (including phenoxy) is 1. The summed E-state index contributed by atoms with van der Waals surface area (Å²) in [7, 11) is 0. The van der Waals surface area contributed by atoms with Crippen LogP contribution < -0.4 is 15.4 Å². The van der Waals surface area contributed by atoms with Crippen molar-refractivity contribution >= 4 is 12.0 Å².